The number of aliphatic hydroxyl groups is 2. The van der Waals surface area contributed by atoms with Crippen molar-refractivity contribution in [2.75, 3.05) is 44.2 Å². The van der Waals surface area contributed by atoms with E-state index in [1.165, 1.54) is 0 Å². The zero-order valence-corrected chi connectivity index (χ0v) is 11.5. The minimum Gasteiger partial charge on any atom is -0.395 e. The summed E-state index contributed by atoms with van der Waals surface area (Å²) in [6.07, 6.45) is 2.37. The van der Waals surface area contributed by atoms with Gasteiger partial charge in [0.05, 0.1) is 12.7 Å². The highest BCUT2D eigenvalue weighted by molar-refractivity contribution is 5.41. The molecule has 0 aliphatic carbocycles. The lowest BCUT2D eigenvalue weighted by molar-refractivity contribution is 0.199. The largest absolute Gasteiger partial charge is 0.395 e. The van der Waals surface area contributed by atoms with E-state index >= 15 is 0 Å². The van der Waals surface area contributed by atoms with Crippen LogP contribution in [-0.4, -0.2) is 59.4 Å². The zero-order valence-electron chi connectivity index (χ0n) is 11.5. The molecule has 2 N–H and O–H groups in total. The summed E-state index contributed by atoms with van der Waals surface area (Å²) in [7, 11) is 0. The van der Waals surface area contributed by atoms with Gasteiger partial charge in [-0.3, -0.25) is 4.90 Å². The summed E-state index contributed by atoms with van der Waals surface area (Å²) in [5.41, 5.74) is 0.904. The van der Waals surface area contributed by atoms with Crippen LogP contribution in [0.2, 0.25) is 0 Å². The molecule has 0 spiro atoms. The molecule has 2 heterocycles. The first-order valence-corrected chi connectivity index (χ1v) is 6.93. The molecule has 1 aliphatic rings. The first kappa shape index (κ1) is 14.2. The van der Waals surface area contributed by atoms with Gasteiger partial charge in [-0.2, -0.15) is 0 Å². The number of anilines is 1. The average Bonchev–Trinajstić information content (AvgIpc) is 2.65. The van der Waals surface area contributed by atoms with Crippen molar-refractivity contribution in [3.05, 3.63) is 23.9 Å². The summed E-state index contributed by atoms with van der Waals surface area (Å²) >= 11 is 0. The van der Waals surface area contributed by atoms with Crippen molar-refractivity contribution in [3.8, 4) is 0 Å². The van der Waals surface area contributed by atoms with Gasteiger partial charge in [-0.05, 0) is 37.6 Å². The van der Waals surface area contributed by atoms with E-state index in [-0.39, 0.29) is 6.61 Å². The van der Waals surface area contributed by atoms with Gasteiger partial charge in [-0.25, -0.2) is 4.98 Å². The van der Waals surface area contributed by atoms with Crippen molar-refractivity contribution in [1.82, 2.24) is 9.88 Å². The van der Waals surface area contributed by atoms with Gasteiger partial charge in [0.15, 0.2) is 0 Å². The van der Waals surface area contributed by atoms with Gasteiger partial charge in [-0.1, -0.05) is 0 Å². The second-order valence-electron chi connectivity index (χ2n) is 5.03. The number of hydrogen-bond acceptors (Lipinski definition) is 5. The number of rotatable bonds is 4. The van der Waals surface area contributed by atoms with Crippen LogP contribution in [0.15, 0.2) is 18.3 Å². The first-order valence-electron chi connectivity index (χ1n) is 6.93. The fourth-order valence-electron chi connectivity index (χ4n) is 2.43. The van der Waals surface area contributed by atoms with Crippen molar-refractivity contribution in [2.45, 2.75) is 19.4 Å². The fraction of sp³-hybridized carbons (Fsp3) is 0.643. The first-order chi connectivity index (χ1) is 9.20. The fourth-order valence-corrected chi connectivity index (χ4v) is 2.43. The molecule has 2 rings (SSSR count). The lowest BCUT2D eigenvalue weighted by Crippen LogP contribution is -2.32. The Balaban J connectivity index is 2.03. The summed E-state index contributed by atoms with van der Waals surface area (Å²) in [5.74, 6) is 0.934. The predicted molar refractivity (Wildman–Crippen MR) is 75.2 cm³/mol. The van der Waals surface area contributed by atoms with Gasteiger partial charge in [0.2, 0.25) is 0 Å². The van der Waals surface area contributed by atoms with Crippen LogP contribution in [0.3, 0.4) is 0 Å². The van der Waals surface area contributed by atoms with E-state index in [0.717, 1.165) is 50.5 Å². The van der Waals surface area contributed by atoms with Crippen molar-refractivity contribution in [2.24, 2.45) is 0 Å². The SMILES string of the molecule is C[C@@H](O)c1ccnc(N2CCCN(CCO)CC2)c1. The molecule has 1 saturated heterocycles. The minimum atomic E-state index is -0.459. The van der Waals surface area contributed by atoms with Crippen LogP contribution >= 0.6 is 0 Å². The Morgan fingerprint density at radius 3 is 2.89 bits per heavy atom. The van der Waals surface area contributed by atoms with E-state index in [2.05, 4.69) is 14.8 Å². The lowest BCUT2D eigenvalue weighted by atomic mass is 10.1. The topological polar surface area (TPSA) is 59.8 Å². The average molecular weight is 265 g/mol. The molecule has 5 nitrogen and oxygen atoms in total. The highest BCUT2D eigenvalue weighted by Crippen LogP contribution is 2.19. The quantitative estimate of drug-likeness (QED) is 0.836. The van der Waals surface area contributed by atoms with Crippen molar-refractivity contribution in [3.63, 3.8) is 0 Å². The van der Waals surface area contributed by atoms with Crippen LogP contribution in [0.5, 0.6) is 0 Å². The standard InChI is InChI=1S/C14H23N3O2/c1-12(19)13-3-4-15-14(11-13)17-6-2-5-16(7-8-17)9-10-18/h3-4,11-12,18-19H,2,5-10H2,1H3/t12-/m1/s1. The molecule has 0 amide bonds. The van der Waals surface area contributed by atoms with Gasteiger partial charge < -0.3 is 15.1 Å². The number of nitrogens with zero attached hydrogens (tertiary/aromatic N) is 3. The van der Waals surface area contributed by atoms with E-state index in [1.807, 2.05) is 12.1 Å². The normalized spacial score (nSPS) is 19.2. The zero-order chi connectivity index (χ0) is 13.7. The molecule has 1 aromatic rings. The molecular weight excluding hydrogens is 242 g/mol. The van der Waals surface area contributed by atoms with Crippen molar-refractivity contribution in [1.29, 1.82) is 0 Å². The molecule has 1 aromatic heterocycles. The Labute approximate surface area is 114 Å². The summed E-state index contributed by atoms with van der Waals surface area (Å²) in [6, 6.07) is 3.82. The maximum atomic E-state index is 9.63. The second-order valence-corrected chi connectivity index (χ2v) is 5.03. The van der Waals surface area contributed by atoms with Gasteiger partial charge in [-0.15, -0.1) is 0 Å². The third-order valence-corrected chi connectivity index (χ3v) is 3.58. The second kappa shape index (κ2) is 6.84. The van der Waals surface area contributed by atoms with Crippen LogP contribution in [0, 0.1) is 0 Å². The molecule has 0 unspecified atom stereocenters. The third-order valence-electron chi connectivity index (χ3n) is 3.58. The number of aliphatic hydroxyl groups excluding tert-OH is 2. The lowest BCUT2D eigenvalue weighted by Gasteiger charge is -2.23. The van der Waals surface area contributed by atoms with Gasteiger partial charge in [0.1, 0.15) is 5.82 Å². The van der Waals surface area contributed by atoms with Crippen molar-refractivity contribution < 1.29 is 10.2 Å². The Bertz CT molecular complexity index is 398. The molecule has 19 heavy (non-hydrogen) atoms. The molecule has 1 atom stereocenters. The third kappa shape index (κ3) is 3.89. The van der Waals surface area contributed by atoms with Crippen molar-refractivity contribution >= 4 is 5.82 Å². The number of aromatic nitrogens is 1. The van der Waals surface area contributed by atoms with E-state index in [4.69, 9.17) is 5.11 Å². The molecular formula is C14H23N3O2. The summed E-state index contributed by atoms with van der Waals surface area (Å²) in [5, 5.41) is 18.6. The van der Waals surface area contributed by atoms with Crippen LogP contribution in [0.4, 0.5) is 5.82 Å². The molecule has 0 aromatic carbocycles. The number of hydrogen-bond donors (Lipinski definition) is 2. The highest BCUT2D eigenvalue weighted by Gasteiger charge is 2.16. The van der Waals surface area contributed by atoms with Gasteiger partial charge in [0, 0.05) is 32.4 Å². The van der Waals surface area contributed by atoms with Gasteiger partial charge >= 0.3 is 0 Å². The van der Waals surface area contributed by atoms with E-state index in [9.17, 15) is 5.11 Å². The minimum absolute atomic E-state index is 0.218. The molecule has 1 fully saturated rings. The maximum Gasteiger partial charge on any atom is 0.128 e. The predicted octanol–water partition coefficient (Wildman–Crippen LogP) is 0.639. The highest BCUT2D eigenvalue weighted by atomic mass is 16.3. The smallest absolute Gasteiger partial charge is 0.128 e. The summed E-state index contributed by atoms with van der Waals surface area (Å²) < 4.78 is 0. The molecule has 106 valence electrons. The Hall–Kier alpha value is -1.17. The maximum absolute atomic E-state index is 9.63. The Morgan fingerprint density at radius 1 is 1.32 bits per heavy atom. The molecule has 0 bridgehead atoms. The van der Waals surface area contributed by atoms with E-state index in [1.54, 1.807) is 13.1 Å². The Morgan fingerprint density at radius 2 is 2.16 bits per heavy atom. The summed E-state index contributed by atoms with van der Waals surface area (Å²) in [6.45, 7) is 6.58. The van der Waals surface area contributed by atoms with Gasteiger partial charge in [0.25, 0.3) is 0 Å². The monoisotopic (exact) mass is 265 g/mol. The molecule has 0 saturated carbocycles. The molecule has 5 heteroatoms. The Kier molecular flexibility index (Phi) is 5.13. The van der Waals surface area contributed by atoms with E-state index in [0.29, 0.717) is 0 Å². The van der Waals surface area contributed by atoms with Crippen LogP contribution in [0.25, 0.3) is 0 Å². The number of pyridine rings is 1. The van der Waals surface area contributed by atoms with Crippen LogP contribution in [0.1, 0.15) is 25.0 Å². The molecule has 0 radical (unpaired) electrons. The number of β-amino-alcohol motifs (C(OH)–C–C–N with tert-alkyl or cyclic N) is 1. The van der Waals surface area contributed by atoms with E-state index < -0.39 is 6.10 Å². The van der Waals surface area contributed by atoms with Crippen LogP contribution < -0.4 is 4.90 Å². The molecule has 1 aliphatic heterocycles. The summed E-state index contributed by atoms with van der Waals surface area (Å²) in [4.78, 5) is 8.93. The van der Waals surface area contributed by atoms with Crippen LogP contribution in [-0.2, 0) is 0 Å².